The van der Waals surface area contributed by atoms with E-state index in [1.165, 1.54) is 18.3 Å². The van der Waals surface area contributed by atoms with Crippen LogP contribution in [0, 0.1) is 0 Å². The second-order valence-electron chi connectivity index (χ2n) is 5.78. The van der Waals surface area contributed by atoms with Crippen LogP contribution < -0.4 is 21.3 Å². The Hall–Kier alpha value is -2.68. The van der Waals surface area contributed by atoms with Crippen molar-refractivity contribution in [2.24, 2.45) is 5.73 Å². The first-order valence-electron chi connectivity index (χ1n) is 8.07. The number of hydrogen-bond acceptors (Lipinski definition) is 7. The van der Waals surface area contributed by atoms with Crippen LogP contribution in [-0.4, -0.2) is 34.5 Å². The van der Waals surface area contributed by atoms with Crippen LogP contribution in [0.2, 0.25) is 0 Å². The Balaban J connectivity index is 1.89. The molecule has 1 atom stereocenters. The lowest BCUT2D eigenvalue weighted by molar-refractivity contribution is -0.119. The monoisotopic (exact) mass is 360 g/mol. The minimum atomic E-state index is -0.603. The minimum absolute atomic E-state index is 0.0876. The van der Waals surface area contributed by atoms with Gasteiger partial charge in [0, 0.05) is 19.7 Å². The van der Waals surface area contributed by atoms with E-state index in [2.05, 4.69) is 20.6 Å². The lowest BCUT2D eigenvalue weighted by Gasteiger charge is -2.35. The highest BCUT2D eigenvalue weighted by Gasteiger charge is 2.28. The summed E-state index contributed by atoms with van der Waals surface area (Å²) >= 11 is 1.33. The molecule has 2 aromatic rings. The van der Waals surface area contributed by atoms with Gasteiger partial charge in [0.1, 0.15) is 17.0 Å². The van der Waals surface area contributed by atoms with Gasteiger partial charge in [0.25, 0.3) is 5.91 Å². The number of anilines is 3. The standard InChI is InChI=1S/C16H20N6O2S/c1-10(23)19-12-7-3-5-9-22(12)16-21-13(14(17)24)15(25-16)20-11-6-2-4-8-18-11/h2,4,6,8,12H,3,5,7,9H2,1H3,(H2,17,24)(H,18,20)(H,19,23). The summed E-state index contributed by atoms with van der Waals surface area (Å²) in [7, 11) is 0. The molecule has 0 saturated carbocycles. The summed E-state index contributed by atoms with van der Waals surface area (Å²) in [6.45, 7) is 2.26. The van der Waals surface area contributed by atoms with Crippen molar-refractivity contribution < 1.29 is 9.59 Å². The van der Waals surface area contributed by atoms with Crippen LogP contribution in [0.4, 0.5) is 16.0 Å². The number of pyridine rings is 1. The van der Waals surface area contributed by atoms with Gasteiger partial charge in [-0.15, -0.1) is 0 Å². The van der Waals surface area contributed by atoms with Crippen LogP contribution in [0.3, 0.4) is 0 Å². The SMILES string of the molecule is CC(=O)NC1CCCCN1c1nc(C(N)=O)c(Nc2ccccn2)s1. The Kier molecular flexibility index (Phi) is 5.13. The molecule has 1 aliphatic rings. The number of piperidine rings is 1. The van der Waals surface area contributed by atoms with Gasteiger partial charge in [-0.3, -0.25) is 9.59 Å². The molecular formula is C16H20N6O2S. The number of nitrogens with one attached hydrogen (secondary N) is 2. The average molecular weight is 360 g/mol. The normalized spacial score (nSPS) is 17.2. The van der Waals surface area contributed by atoms with E-state index in [0.717, 1.165) is 25.8 Å². The van der Waals surface area contributed by atoms with E-state index < -0.39 is 5.91 Å². The van der Waals surface area contributed by atoms with Crippen LogP contribution in [0.5, 0.6) is 0 Å². The van der Waals surface area contributed by atoms with Gasteiger partial charge in [-0.1, -0.05) is 17.4 Å². The zero-order chi connectivity index (χ0) is 17.8. The van der Waals surface area contributed by atoms with Crippen molar-refractivity contribution >= 4 is 39.1 Å². The summed E-state index contributed by atoms with van der Waals surface area (Å²) in [5.74, 6) is -0.0818. The first-order chi connectivity index (χ1) is 12.0. The van der Waals surface area contributed by atoms with Crippen LogP contribution >= 0.6 is 11.3 Å². The number of primary amides is 1. The molecule has 132 valence electrons. The van der Waals surface area contributed by atoms with Gasteiger partial charge in [-0.05, 0) is 31.4 Å². The summed E-state index contributed by atoms with van der Waals surface area (Å²) in [4.78, 5) is 33.9. The third-order valence-corrected chi connectivity index (χ3v) is 4.88. The topological polar surface area (TPSA) is 113 Å². The van der Waals surface area contributed by atoms with Gasteiger partial charge in [0.15, 0.2) is 10.8 Å². The van der Waals surface area contributed by atoms with Crippen LogP contribution in [0.1, 0.15) is 36.7 Å². The fourth-order valence-electron chi connectivity index (χ4n) is 2.78. The van der Waals surface area contributed by atoms with E-state index >= 15 is 0 Å². The van der Waals surface area contributed by atoms with Gasteiger partial charge < -0.3 is 21.3 Å². The number of nitrogens with two attached hydrogens (primary N) is 1. The smallest absolute Gasteiger partial charge is 0.270 e. The quantitative estimate of drug-likeness (QED) is 0.750. The first kappa shape index (κ1) is 17.2. The van der Waals surface area contributed by atoms with Gasteiger partial charge in [0.05, 0.1) is 0 Å². The molecule has 25 heavy (non-hydrogen) atoms. The summed E-state index contributed by atoms with van der Waals surface area (Å²) in [6, 6.07) is 5.45. The third-order valence-electron chi connectivity index (χ3n) is 3.87. The van der Waals surface area contributed by atoms with Crippen molar-refractivity contribution in [3.8, 4) is 0 Å². The van der Waals surface area contributed by atoms with Gasteiger partial charge in [0.2, 0.25) is 5.91 Å². The van der Waals surface area contributed by atoms with Gasteiger partial charge in [-0.25, -0.2) is 9.97 Å². The third kappa shape index (κ3) is 4.05. The predicted molar refractivity (Wildman–Crippen MR) is 97.0 cm³/mol. The zero-order valence-electron chi connectivity index (χ0n) is 13.9. The highest BCUT2D eigenvalue weighted by atomic mass is 32.1. The summed E-state index contributed by atoms with van der Waals surface area (Å²) in [6.07, 6.45) is 4.42. The molecule has 8 nitrogen and oxygen atoms in total. The molecule has 0 spiro atoms. The Morgan fingerprint density at radius 1 is 1.36 bits per heavy atom. The molecule has 1 fully saturated rings. The van der Waals surface area contributed by atoms with E-state index in [4.69, 9.17) is 5.73 Å². The van der Waals surface area contributed by atoms with Gasteiger partial charge >= 0.3 is 0 Å². The van der Waals surface area contributed by atoms with Crippen molar-refractivity contribution in [3.05, 3.63) is 30.1 Å². The van der Waals surface area contributed by atoms with Crippen LogP contribution in [-0.2, 0) is 4.79 Å². The van der Waals surface area contributed by atoms with Crippen LogP contribution in [0.25, 0.3) is 0 Å². The molecule has 2 amide bonds. The van der Waals surface area contributed by atoms with Crippen molar-refractivity contribution in [3.63, 3.8) is 0 Å². The molecule has 2 aromatic heterocycles. The number of carbonyl (C=O) groups excluding carboxylic acids is 2. The lowest BCUT2D eigenvalue weighted by Crippen LogP contribution is -2.50. The Labute approximate surface area is 149 Å². The number of thiazole rings is 1. The number of aromatic nitrogens is 2. The van der Waals surface area contributed by atoms with Crippen molar-refractivity contribution in [2.45, 2.75) is 32.4 Å². The van der Waals surface area contributed by atoms with E-state index in [1.54, 1.807) is 12.3 Å². The summed E-state index contributed by atoms with van der Waals surface area (Å²) in [5.41, 5.74) is 5.66. The average Bonchev–Trinajstić information content (AvgIpc) is 2.99. The van der Waals surface area contributed by atoms with Crippen molar-refractivity contribution in [2.75, 3.05) is 16.8 Å². The number of hydrogen-bond donors (Lipinski definition) is 3. The highest BCUT2D eigenvalue weighted by molar-refractivity contribution is 7.20. The maximum absolute atomic E-state index is 11.8. The zero-order valence-corrected chi connectivity index (χ0v) is 14.7. The molecule has 0 aromatic carbocycles. The Bertz CT molecular complexity index is 763. The number of nitrogens with zero attached hydrogens (tertiary/aromatic N) is 3. The fraction of sp³-hybridized carbons (Fsp3) is 0.375. The van der Waals surface area contributed by atoms with E-state index in [-0.39, 0.29) is 17.8 Å². The van der Waals surface area contributed by atoms with Crippen molar-refractivity contribution in [1.29, 1.82) is 0 Å². The van der Waals surface area contributed by atoms with Gasteiger partial charge in [-0.2, -0.15) is 0 Å². The maximum atomic E-state index is 11.8. The van der Waals surface area contributed by atoms with E-state index in [1.807, 2.05) is 17.0 Å². The minimum Gasteiger partial charge on any atom is -0.364 e. The molecule has 3 heterocycles. The number of amides is 2. The molecule has 0 bridgehead atoms. The summed E-state index contributed by atoms with van der Waals surface area (Å²) in [5, 5.41) is 7.25. The van der Waals surface area contributed by atoms with E-state index in [0.29, 0.717) is 16.0 Å². The molecule has 4 N–H and O–H groups in total. The van der Waals surface area contributed by atoms with E-state index in [9.17, 15) is 9.59 Å². The molecule has 0 radical (unpaired) electrons. The van der Waals surface area contributed by atoms with Crippen molar-refractivity contribution in [1.82, 2.24) is 15.3 Å². The number of rotatable bonds is 5. The molecular weight excluding hydrogens is 340 g/mol. The Morgan fingerprint density at radius 3 is 2.88 bits per heavy atom. The lowest BCUT2D eigenvalue weighted by atomic mass is 10.1. The highest BCUT2D eigenvalue weighted by Crippen LogP contribution is 2.35. The predicted octanol–water partition coefficient (Wildman–Crippen LogP) is 1.83. The molecule has 1 aliphatic heterocycles. The molecule has 9 heteroatoms. The maximum Gasteiger partial charge on any atom is 0.270 e. The first-order valence-corrected chi connectivity index (χ1v) is 8.88. The second-order valence-corrected chi connectivity index (χ2v) is 6.76. The van der Waals surface area contributed by atoms with Crippen LogP contribution in [0.15, 0.2) is 24.4 Å². The molecule has 3 rings (SSSR count). The molecule has 1 saturated heterocycles. The molecule has 1 unspecified atom stereocenters. The largest absolute Gasteiger partial charge is 0.364 e. The Morgan fingerprint density at radius 2 is 2.20 bits per heavy atom. The summed E-state index contributed by atoms with van der Waals surface area (Å²) < 4.78 is 0. The fourth-order valence-corrected chi connectivity index (χ4v) is 3.84. The second kappa shape index (κ2) is 7.47. The molecule has 0 aliphatic carbocycles. The number of carbonyl (C=O) groups is 2.